The molecule has 0 atom stereocenters. The highest BCUT2D eigenvalue weighted by atomic mass is 16.5. The number of hydrogen-bond donors (Lipinski definition) is 2. The van der Waals surface area contributed by atoms with Crippen molar-refractivity contribution in [2.24, 2.45) is 0 Å². The predicted octanol–water partition coefficient (Wildman–Crippen LogP) is 0.117. The Labute approximate surface area is 96.3 Å². The van der Waals surface area contributed by atoms with E-state index in [1.807, 2.05) is 0 Å². The maximum absolute atomic E-state index is 11.6. The molecule has 0 saturated carbocycles. The number of methoxy groups -OCH3 is 1. The number of benzene rings is 1. The van der Waals surface area contributed by atoms with Crippen LogP contribution in [0, 0.1) is 0 Å². The highest BCUT2D eigenvalue weighted by Gasteiger charge is 2.06. The third-order valence-corrected chi connectivity index (χ3v) is 2.28. The lowest BCUT2D eigenvalue weighted by molar-refractivity contribution is 0.414. The highest BCUT2D eigenvalue weighted by molar-refractivity contribution is 5.45. The summed E-state index contributed by atoms with van der Waals surface area (Å²) in [6.07, 6.45) is 0. The summed E-state index contributed by atoms with van der Waals surface area (Å²) in [6.45, 7) is 0. The topological polar surface area (TPSA) is 90.1 Å². The van der Waals surface area contributed by atoms with E-state index in [9.17, 15) is 9.59 Å². The first-order chi connectivity index (χ1) is 8.11. The van der Waals surface area contributed by atoms with Gasteiger partial charge in [0.25, 0.3) is 5.56 Å². The summed E-state index contributed by atoms with van der Waals surface area (Å²) in [5, 5.41) is 0. The van der Waals surface area contributed by atoms with E-state index in [0.29, 0.717) is 11.4 Å². The van der Waals surface area contributed by atoms with Crippen LogP contribution in [0.5, 0.6) is 5.75 Å². The van der Waals surface area contributed by atoms with Crippen LogP contribution in [0.25, 0.3) is 5.69 Å². The highest BCUT2D eigenvalue weighted by Crippen LogP contribution is 2.16. The van der Waals surface area contributed by atoms with Crippen molar-refractivity contribution in [3.8, 4) is 11.4 Å². The van der Waals surface area contributed by atoms with Crippen molar-refractivity contribution in [2.75, 3.05) is 12.8 Å². The van der Waals surface area contributed by atoms with Crippen molar-refractivity contribution >= 4 is 5.82 Å². The Morgan fingerprint density at radius 1 is 1.29 bits per heavy atom. The van der Waals surface area contributed by atoms with Crippen molar-refractivity contribution in [3.63, 3.8) is 0 Å². The summed E-state index contributed by atoms with van der Waals surface area (Å²) in [5.41, 5.74) is 5.08. The van der Waals surface area contributed by atoms with Gasteiger partial charge in [-0.3, -0.25) is 9.78 Å². The number of hydrogen-bond acceptors (Lipinski definition) is 4. The molecule has 0 unspecified atom stereocenters. The first kappa shape index (κ1) is 11.0. The molecule has 0 aliphatic heterocycles. The standard InChI is InChI=1S/C11H11N3O3/c1-17-8-4-2-3-7(5-8)14-9(12)6-10(15)13-11(14)16/h2-6H,12H2,1H3,(H,13,15,16). The number of aromatic amines is 1. The average Bonchev–Trinajstić information content (AvgIpc) is 2.28. The summed E-state index contributed by atoms with van der Waals surface area (Å²) < 4.78 is 6.25. The maximum Gasteiger partial charge on any atom is 0.334 e. The molecule has 0 amide bonds. The SMILES string of the molecule is COc1cccc(-n2c(N)cc(=O)[nH]c2=O)c1. The van der Waals surface area contributed by atoms with Crippen molar-refractivity contribution in [3.05, 3.63) is 51.2 Å². The van der Waals surface area contributed by atoms with E-state index in [0.717, 1.165) is 6.07 Å². The number of ether oxygens (including phenoxy) is 1. The normalized spacial score (nSPS) is 10.2. The van der Waals surface area contributed by atoms with Gasteiger partial charge in [-0.15, -0.1) is 0 Å². The van der Waals surface area contributed by atoms with Crippen molar-refractivity contribution in [2.45, 2.75) is 0 Å². The van der Waals surface area contributed by atoms with E-state index >= 15 is 0 Å². The first-order valence-corrected chi connectivity index (χ1v) is 4.88. The molecule has 1 heterocycles. The molecule has 17 heavy (non-hydrogen) atoms. The smallest absolute Gasteiger partial charge is 0.334 e. The minimum Gasteiger partial charge on any atom is -0.497 e. The molecule has 2 aromatic rings. The number of aromatic nitrogens is 2. The minimum absolute atomic E-state index is 0.0759. The molecule has 0 radical (unpaired) electrons. The summed E-state index contributed by atoms with van der Waals surface area (Å²) in [5.74, 6) is 0.673. The molecular formula is C11H11N3O3. The lowest BCUT2D eigenvalue weighted by Crippen LogP contribution is -2.30. The molecule has 0 bridgehead atoms. The van der Waals surface area contributed by atoms with Gasteiger partial charge in [0.05, 0.1) is 12.8 Å². The first-order valence-electron chi connectivity index (χ1n) is 4.88. The van der Waals surface area contributed by atoms with Crippen molar-refractivity contribution in [1.29, 1.82) is 0 Å². The molecule has 2 rings (SSSR count). The molecule has 1 aromatic carbocycles. The molecule has 0 aliphatic rings. The zero-order valence-corrected chi connectivity index (χ0v) is 9.14. The number of nitrogens with one attached hydrogen (secondary N) is 1. The fraction of sp³-hybridized carbons (Fsp3) is 0.0909. The fourth-order valence-corrected chi connectivity index (χ4v) is 1.53. The number of nitrogen functional groups attached to an aromatic ring is 1. The summed E-state index contributed by atoms with van der Waals surface area (Å²) in [7, 11) is 1.53. The van der Waals surface area contributed by atoms with Gasteiger partial charge in [0.2, 0.25) is 0 Å². The van der Waals surface area contributed by atoms with E-state index in [2.05, 4.69) is 4.98 Å². The quantitative estimate of drug-likeness (QED) is 0.770. The third kappa shape index (κ3) is 2.05. The Morgan fingerprint density at radius 3 is 2.71 bits per heavy atom. The third-order valence-electron chi connectivity index (χ3n) is 2.28. The Hall–Kier alpha value is -2.50. The number of anilines is 1. The van der Waals surface area contributed by atoms with Gasteiger partial charge in [0.15, 0.2) is 0 Å². The Balaban J connectivity index is 2.68. The van der Waals surface area contributed by atoms with Crippen LogP contribution in [-0.4, -0.2) is 16.7 Å². The van der Waals surface area contributed by atoms with Crippen LogP contribution in [0.2, 0.25) is 0 Å². The molecule has 0 aliphatic carbocycles. The van der Waals surface area contributed by atoms with E-state index in [-0.39, 0.29) is 5.82 Å². The fourth-order valence-electron chi connectivity index (χ4n) is 1.53. The van der Waals surface area contributed by atoms with Gasteiger partial charge in [-0.05, 0) is 12.1 Å². The molecule has 88 valence electrons. The van der Waals surface area contributed by atoms with Gasteiger partial charge in [0, 0.05) is 12.1 Å². The molecular weight excluding hydrogens is 222 g/mol. The number of rotatable bonds is 2. The zero-order valence-electron chi connectivity index (χ0n) is 9.14. The molecule has 1 aromatic heterocycles. The van der Waals surface area contributed by atoms with Crippen LogP contribution in [0.1, 0.15) is 0 Å². The summed E-state index contributed by atoms with van der Waals surface area (Å²) in [4.78, 5) is 24.8. The van der Waals surface area contributed by atoms with Gasteiger partial charge < -0.3 is 10.5 Å². The van der Waals surface area contributed by atoms with Crippen molar-refractivity contribution < 1.29 is 4.74 Å². The largest absolute Gasteiger partial charge is 0.497 e. The van der Waals surface area contributed by atoms with E-state index in [1.54, 1.807) is 24.3 Å². The van der Waals surface area contributed by atoms with E-state index in [1.165, 1.54) is 11.7 Å². The molecule has 0 saturated heterocycles. The molecule has 6 nitrogen and oxygen atoms in total. The van der Waals surface area contributed by atoms with Gasteiger partial charge in [0.1, 0.15) is 11.6 Å². The number of H-pyrrole nitrogens is 1. The predicted molar refractivity (Wildman–Crippen MR) is 63.6 cm³/mol. The minimum atomic E-state index is -0.580. The lowest BCUT2D eigenvalue weighted by Gasteiger charge is -2.09. The van der Waals surface area contributed by atoms with Crippen LogP contribution in [0.3, 0.4) is 0 Å². The van der Waals surface area contributed by atoms with Gasteiger partial charge >= 0.3 is 5.69 Å². The second kappa shape index (κ2) is 4.17. The Kier molecular flexibility index (Phi) is 2.70. The number of nitrogens with zero attached hydrogens (tertiary/aromatic N) is 1. The molecule has 6 heteroatoms. The van der Waals surface area contributed by atoms with E-state index < -0.39 is 11.2 Å². The Bertz CT molecular complexity index is 657. The monoisotopic (exact) mass is 233 g/mol. The molecule has 0 spiro atoms. The van der Waals surface area contributed by atoms with Crippen LogP contribution < -0.4 is 21.7 Å². The van der Waals surface area contributed by atoms with Crippen LogP contribution >= 0.6 is 0 Å². The molecule has 0 fully saturated rings. The maximum atomic E-state index is 11.6. The van der Waals surface area contributed by atoms with Gasteiger partial charge in [-0.2, -0.15) is 0 Å². The van der Waals surface area contributed by atoms with Crippen molar-refractivity contribution in [1.82, 2.24) is 9.55 Å². The number of nitrogens with two attached hydrogens (primary N) is 1. The van der Waals surface area contributed by atoms with Crippen LogP contribution in [0.15, 0.2) is 39.9 Å². The second-order valence-corrected chi connectivity index (χ2v) is 3.40. The van der Waals surface area contributed by atoms with Crippen LogP contribution in [0.4, 0.5) is 5.82 Å². The lowest BCUT2D eigenvalue weighted by atomic mass is 10.3. The summed E-state index contributed by atoms with van der Waals surface area (Å²) >= 11 is 0. The van der Waals surface area contributed by atoms with Gasteiger partial charge in [-0.25, -0.2) is 9.36 Å². The van der Waals surface area contributed by atoms with Crippen LogP contribution in [-0.2, 0) is 0 Å². The Morgan fingerprint density at radius 2 is 2.06 bits per heavy atom. The van der Waals surface area contributed by atoms with E-state index in [4.69, 9.17) is 10.5 Å². The average molecular weight is 233 g/mol. The van der Waals surface area contributed by atoms with Gasteiger partial charge in [-0.1, -0.05) is 6.07 Å². The zero-order chi connectivity index (χ0) is 12.4. The molecule has 3 N–H and O–H groups in total. The summed E-state index contributed by atoms with van der Waals surface area (Å²) in [6, 6.07) is 7.97. The second-order valence-electron chi connectivity index (χ2n) is 3.40.